The highest BCUT2D eigenvalue weighted by Crippen LogP contribution is 2.35. The van der Waals surface area contributed by atoms with Gasteiger partial charge in [-0.15, -0.1) is 5.10 Å². The summed E-state index contributed by atoms with van der Waals surface area (Å²) in [6, 6.07) is 7.30. The van der Waals surface area contributed by atoms with Crippen molar-refractivity contribution in [3.63, 3.8) is 0 Å². The molecule has 30 heavy (non-hydrogen) atoms. The van der Waals surface area contributed by atoms with Gasteiger partial charge in [-0.2, -0.15) is 5.26 Å². The maximum atomic E-state index is 13.4. The summed E-state index contributed by atoms with van der Waals surface area (Å²) in [4.78, 5) is 11.5. The van der Waals surface area contributed by atoms with Crippen molar-refractivity contribution in [1.29, 1.82) is 5.26 Å². The van der Waals surface area contributed by atoms with E-state index < -0.39 is 6.10 Å². The summed E-state index contributed by atoms with van der Waals surface area (Å²) in [5, 5.41) is 31.2. The molecule has 2 aromatic rings. The number of benzene rings is 1. The predicted molar refractivity (Wildman–Crippen MR) is 108 cm³/mol. The monoisotopic (exact) mass is 414 g/mol. The van der Waals surface area contributed by atoms with Crippen molar-refractivity contribution in [2.24, 2.45) is 5.92 Å². The van der Waals surface area contributed by atoms with Crippen LogP contribution in [-0.2, 0) is 11.2 Å². The molecule has 2 fully saturated rings. The third-order valence-corrected chi connectivity index (χ3v) is 5.45. The molecule has 9 heteroatoms. The Balaban J connectivity index is 0.000000177. The van der Waals surface area contributed by atoms with Crippen LogP contribution in [0, 0.1) is 30.0 Å². The molecule has 1 saturated heterocycles. The van der Waals surface area contributed by atoms with Gasteiger partial charge in [-0.3, -0.25) is 4.79 Å². The number of halogens is 1. The Morgan fingerprint density at radius 3 is 2.90 bits per heavy atom. The molecule has 160 valence electrons. The number of amides is 1. The van der Waals surface area contributed by atoms with Crippen LogP contribution in [0.4, 0.5) is 4.39 Å². The van der Waals surface area contributed by atoms with Crippen LogP contribution in [0.5, 0.6) is 0 Å². The minimum absolute atomic E-state index is 0.00579. The van der Waals surface area contributed by atoms with Crippen LogP contribution in [0.1, 0.15) is 37.4 Å². The lowest BCUT2D eigenvalue weighted by Gasteiger charge is -2.21. The number of carbonyl (C=O) groups is 1. The number of hydrogen-bond donors (Lipinski definition) is 3. The number of aliphatic hydroxyl groups excluding tert-OH is 1. The minimum Gasteiger partial charge on any atom is -0.393 e. The van der Waals surface area contributed by atoms with E-state index in [0.717, 1.165) is 12.8 Å². The zero-order valence-electron chi connectivity index (χ0n) is 17.2. The molecule has 2 bridgehead atoms. The topological polar surface area (TPSA) is 116 Å². The number of aryl methyl sites for hydroxylation is 1. The fourth-order valence-corrected chi connectivity index (χ4v) is 3.93. The highest BCUT2D eigenvalue weighted by Gasteiger charge is 2.42. The van der Waals surface area contributed by atoms with Gasteiger partial charge in [-0.1, -0.05) is 11.3 Å². The number of carbonyl (C=O) groups excluding carboxylic acids is 1. The van der Waals surface area contributed by atoms with Gasteiger partial charge in [0.25, 0.3) is 0 Å². The first kappa shape index (κ1) is 21.9. The Morgan fingerprint density at radius 2 is 2.30 bits per heavy atom. The molecule has 0 radical (unpaired) electrons. The van der Waals surface area contributed by atoms with Crippen molar-refractivity contribution < 1.29 is 14.3 Å². The van der Waals surface area contributed by atoms with E-state index in [4.69, 9.17) is 5.26 Å². The van der Waals surface area contributed by atoms with E-state index >= 15 is 0 Å². The minimum atomic E-state index is -0.463. The first-order valence-corrected chi connectivity index (χ1v) is 10.1. The Morgan fingerprint density at radius 1 is 1.50 bits per heavy atom. The molecule has 1 aromatic heterocycles. The number of nitrogens with one attached hydrogen (secondary N) is 2. The van der Waals surface area contributed by atoms with E-state index in [0.29, 0.717) is 35.3 Å². The lowest BCUT2D eigenvalue weighted by atomic mass is 9.99. The summed E-state index contributed by atoms with van der Waals surface area (Å²) in [5.41, 5.74) is 1.90. The molecular weight excluding hydrogens is 387 g/mol. The zero-order chi connectivity index (χ0) is 21.7. The third kappa shape index (κ3) is 5.40. The van der Waals surface area contributed by atoms with Gasteiger partial charge in [0.1, 0.15) is 12.4 Å². The number of nitrogens with zero attached hydrogens (tertiary/aromatic N) is 4. The second kappa shape index (κ2) is 9.78. The predicted octanol–water partition coefficient (Wildman–Crippen LogP) is 1.40. The van der Waals surface area contributed by atoms with Crippen LogP contribution in [0.2, 0.25) is 0 Å². The summed E-state index contributed by atoms with van der Waals surface area (Å²) in [7, 11) is 0. The molecule has 2 aliphatic rings. The molecule has 0 spiro atoms. The second-order valence-corrected chi connectivity index (χ2v) is 7.93. The lowest BCUT2D eigenvalue weighted by molar-refractivity contribution is -0.123. The van der Waals surface area contributed by atoms with Gasteiger partial charge in [0, 0.05) is 12.5 Å². The molecule has 1 aromatic carbocycles. The molecule has 8 nitrogen and oxygen atoms in total. The van der Waals surface area contributed by atoms with E-state index in [1.54, 1.807) is 32.2 Å². The number of hydrogen-bond acceptors (Lipinski definition) is 6. The average molecular weight is 414 g/mol. The van der Waals surface area contributed by atoms with Gasteiger partial charge >= 0.3 is 0 Å². The summed E-state index contributed by atoms with van der Waals surface area (Å²) in [6.07, 6.45) is 5.15. The van der Waals surface area contributed by atoms with E-state index in [9.17, 15) is 14.3 Å². The zero-order valence-corrected chi connectivity index (χ0v) is 17.2. The van der Waals surface area contributed by atoms with Crippen LogP contribution in [0.3, 0.4) is 0 Å². The summed E-state index contributed by atoms with van der Waals surface area (Å²) in [5.74, 6) is 0.229. The third-order valence-electron chi connectivity index (χ3n) is 5.45. The Kier molecular flexibility index (Phi) is 7.13. The standard InChI is InChI=1S/C12H14FN3O.C9H13N3O/c1-8-3-4-11(6-12(8)13)16-7-10(14-15-16)5-9(2)17;10-3-4-11-9(13)8-6-1-2-7(5-6)12-8/h3-4,6-7,9,17H,5H2,1-2H3;6-8,12H,1-2,4-5H2,(H,11,13)/t;6-,7?,8-/m.0/s1. The number of piperidine rings is 1. The van der Waals surface area contributed by atoms with Crippen molar-refractivity contribution in [3.05, 3.63) is 41.5 Å². The Labute approximate surface area is 175 Å². The highest BCUT2D eigenvalue weighted by molar-refractivity contribution is 5.82. The van der Waals surface area contributed by atoms with Gasteiger partial charge < -0.3 is 15.7 Å². The van der Waals surface area contributed by atoms with Gasteiger partial charge in [-0.05, 0) is 56.7 Å². The summed E-state index contributed by atoms with van der Waals surface area (Å²) < 4.78 is 14.9. The summed E-state index contributed by atoms with van der Waals surface area (Å²) in [6.45, 7) is 3.51. The first-order valence-electron chi connectivity index (χ1n) is 10.1. The molecule has 4 atom stereocenters. The number of aromatic nitrogens is 3. The molecule has 1 aliphatic carbocycles. The quantitative estimate of drug-likeness (QED) is 0.637. The van der Waals surface area contributed by atoms with Gasteiger partial charge in [-0.25, -0.2) is 9.07 Å². The van der Waals surface area contributed by atoms with E-state index in [-0.39, 0.29) is 24.3 Å². The molecule has 1 aliphatic heterocycles. The van der Waals surface area contributed by atoms with Crippen LogP contribution in [-0.4, -0.2) is 50.7 Å². The normalized spacial score (nSPS) is 22.7. The number of nitriles is 1. The van der Waals surface area contributed by atoms with Crippen LogP contribution < -0.4 is 10.6 Å². The van der Waals surface area contributed by atoms with Crippen molar-refractivity contribution in [2.75, 3.05) is 6.54 Å². The van der Waals surface area contributed by atoms with Crippen molar-refractivity contribution in [3.8, 4) is 11.8 Å². The van der Waals surface area contributed by atoms with Crippen LogP contribution in [0.15, 0.2) is 24.4 Å². The lowest BCUT2D eigenvalue weighted by Crippen LogP contribution is -2.47. The molecule has 2 unspecified atom stereocenters. The number of rotatable bonds is 5. The first-order chi connectivity index (χ1) is 14.4. The van der Waals surface area contributed by atoms with Crippen LogP contribution in [0.25, 0.3) is 5.69 Å². The molecule has 3 N–H and O–H groups in total. The van der Waals surface area contributed by atoms with Gasteiger partial charge in [0.15, 0.2) is 0 Å². The molecular formula is C21H27FN6O2. The smallest absolute Gasteiger partial charge is 0.238 e. The fraction of sp³-hybridized carbons (Fsp3) is 0.524. The molecule has 1 saturated carbocycles. The fourth-order valence-electron chi connectivity index (χ4n) is 3.93. The van der Waals surface area contributed by atoms with Crippen molar-refractivity contribution in [2.45, 2.75) is 57.7 Å². The van der Waals surface area contributed by atoms with Gasteiger partial charge in [0.2, 0.25) is 5.91 Å². The molecule has 4 rings (SSSR count). The van der Waals surface area contributed by atoms with Crippen molar-refractivity contribution in [1.82, 2.24) is 25.6 Å². The van der Waals surface area contributed by atoms with E-state index in [1.165, 1.54) is 17.2 Å². The number of fused-ring (bicyclic) bond motifs is 2. The Hall–Kier alpha value is -2.83. The average Bonchev–Trinajstić information content (AvgIpc) is 3.45. The maximum absolute atomic E-state index is 13.4. The van der Waals surface area contributed by atoms with Crippen LogP contribution >= 0.6 is 0 Å². The van der Waals surface area contributed by atoms with E-state index in [1.807, 2.05) is 6.07 Å². The largest absolute Gasteiger partial charge is 0.393 e. The van der Waals surface area contributed by atoms with Crippen molar-refractivity contribution >= 4 is 5.91 Å². The molecule has 1 amide bonds. The Bertz CT molecular complexity index is 922. The highest BCUT2D eigenvalue weighted by atomic mass is 19.1. The maximum Gasteiger partial charge on any atom is 0.238 e. The SMILES string of the molecule is Cc1ccc(-n2cc(CC(C)O)nn2)cc1F.N#CCNC(=O)[C@H]1NC2CC[C@H]1C2. The summed E-state index contributed by atoms with van der Waals surface area (Å²) >= 11 is 0. The second-order valence-electron chi connectivity index (χ2n) is 7.93. The number of aliphatic hydroxyl groups is 1. The van der Waals surface area contributed by atoms with E-state index in [2.05, 4.69) is 20.9 Å². The van der Waals surface area contributed by atoms with Gasteiger partial charge in [0.05, 0.1) is 35.8 Å². The molecule has 2 heterocycles.